The maximum absolute atomic E-state index is 11.2. The number of nitro groups is 1. The molecule has 8 nitrogen and oxygen atoms in total. The van der Waals surface area contributed by atoms with Gasteiger partial charge in [-0.15, -0.1) is 0 Å². The summed E-state index contributed by atoms with van der Waals surface area (Å²) in [6.07, 6.45) is 1.49. The summed E-state index contributed by atoms with van der Waals surface area (Å²) < 4.78 is 0.319. The highest BCUT2D eigenvalue weighted by molar-refractivity contribution is 7.19. The Morgan fingerprint density at radius 3 is 2.74 bits per heavy atom. The Morgan fingerprint density at radius 2 is 2.26 bits per heavy atom. The Morgan fingerprint density at radius 1 is 1.63 bits per heavy atom. The maximum atomic E-state index is 11.2. The van der Waals surface area contributed by atoms with Gasteiger partial charge in [0.25, 0.3) is 0 Å². The van der Waals surface area contributed by atoms with Crippen LogP contribution >= 0.6 is 22.9 Å². The van der Waals surface area contributed by atoms with Gasteiger partial charge in [-0.25, -0.2) is 20.1 Å². The van der Waals surface area contributed by atoms with Crippen LogP contribution in [-0.4, -0.2) is 39.7 Å². The first-order chi connectivity index (χ1) is 8.74. The van der Waals surface area contributed by atoms with E-state index < -0.39 is 10.4 Å². The minimum Gasteiger partial charge on any atom is -0.286 e. The van der Waals surface area contributed by atoms with E-state index in [2.05, 4.69) is 4.98 Å². The van der Waals surface area contributed by atoms with Crippen LogP contribution in [0.25, 0.3) is 0 Å². The number of halogens is 1. The smallest absolute Gasteiger partial charge is 0.203 e. The molecule has 0 aromatic carbocycles. The fraction of sp³-hybridized carbons (Fsp3) is 0.556. The van der Waals surface area contributed by atoms with E-state index in [0.717, 1.165) is 16.6 Å². The van der Waals surface area contributed by atoms with Gasteiger partial charge in [0.1, 0.15) is 10.8 Å². The van der Waals surface area contributed by atoms with Gasteiger partial charge < -0.3 is 0 Å². The number of anilines is 1. The molecule has 0 radical (unpaired) electrons. The van der Waals surface area contributed by atoms with Crippen LogP contribution in [0.15, 0.2) is 6.20 Å². The van der Waals surface area contributed by atoms with Gasteiger partial charge >= 0.3 is 0 Å². The van der Waals surface area contributed by atoms with Crippen molar-refractivity contribution in [3.05, 3.63) is 20.8 Å². The van der Waals surface area contributed by atoms with E-state index >= 15 is 0 Å². The van der Waals surface area contributed by atoms with Crippen LogP contribution in [-0.2, 0) is 0 Å². The molecule has 0 atom stereocenters. The summed E-state index contributed by atoms with van der Waals surface area (Å²) in [7, 11) is 1.49. The Balaban J connectivity index is 2.43. The molecular weight excluding hydrogens is 292 g/mol. The van der Waals surface area contributed by atoms with Crippen LogP contribution in [0.4, 0.5) is 5.00 Å². The van der Waals surface area contributed by atoms with E-state index in [1.807, 2.05) is 13.8 Å². The van der Waals surface area contributed by atoms with Crippen LogP contribution < -0.4 is 5.01 Å². The Hall–Kier alpha value is -1.61. The fourth-order valence-electron chi connectivity index (χ4n) is 1.93. The number of rotatable bonds is 2. The maximum Gasteiger partial charge on any atom is 0.203 e. The number of nitrogens with zero attached hydrogens (tertiary/aromatic N) is 5. The van der Waals surface area contributed by atoms with Crippen molar-refractivity contribution < 1.29 is 5.03 Å². The van der Waals surface area contributed by atoms with Gasteiger partial charge in [-0.3, -0.25) is 5.41 Å². The molecule has 0 unspecified atom stereocenters. The largest absolute Gasteiger partial charge is 0.286 e. The normalized spacial score (nSPS) is 18.9. The molecule has 0 amide bonds. The number of amidine groups is 1. The Bertz CT molecular complexity index is 533. The molecule has 104 valence electrons. The molecule has 0 bridgehead atoms. The third-order valence-electron chi connectivity index (χ3n) is 2.86. The van der Waals surface area contributed by atoms with Gasteiger partial charge in [0.2, 0.25) is 5.03 Å². The molecule has 1 aliphatic rings. The van der Waals surface area contributed by atoms with E-state index in [9.17, 15) is 10.1 Å². The lowest BCUT2D eigenvalue weighted by Gasteiger charge is -2.45. The SMILES string of the molecule is CN1C(=N)C(C)(C)CN(c2cnc(Cl)s2)N1[N+](=O)[O-]. The number of thiazole rings is 1. The minimum absolute atomic E-state index is 0.177. The zero-order chi connectivity index (χ0) is 14.4. The highest BCUT2D eigenvalue weighted by atomic mass is 35.5. The van der Waals surface area contributed by atoms with Gasteiger partial charge in [0.15, 0.2) is 4.47 Å². The average molecular weight is 305 g/mol. The van der Waals surface area contributed by atoms with Crippen LogP contribution in [0.1, 0.15) is 13.8 Å². The summed E-state index contributed by atoms with van der Waals surface area (Å²) in [5.74, 6) is 0.177. The first-order valence-electron chi connectivity index (χ1n) is 5.40. The molecule has 1 aromatic heterocycles. The number of hydrogen-bond donors (Lipinski definition) is 1. The van der Waals surface area contributed by atoms with Gasteiger partial charge in [0, 0.05) is 12.5 Å². The molecule has 0 spiro atoms. The molecule has 19 heavy (non-hydrogen) atoms. The molecule has 2 heterocycles. The monoisotopic (exact) mass is 304 g/mol. The van der Waals surface area contributed by atoms with Crippen molar-refractivity contribution in [1.82, 2.24) is 15.2 Å². The lowest BCUT2D eigenvalue weighted by atomic mass is 9.90. The van der Waals surface area contributed by atoms with Crippen molar-refractivity contribution in [2.45, 2.75) is 13.8 Å². The van der Waals surface area contributed by atoms with Crippen LogP contribution in [0.5, 0.6) is 0 Å². The molecule has 1 aromatic rings. The van der Waals surface area contributed by atoms with Crippen LogP contribution in [0.2, 0.25) is 4.47 Å². The van der Waals surface area contributed by atoms with Crippen molar-refractivity contribution in [2.24, 2.45) is 5.41 Å². The zero-order valence-corrected chi connectivity index (χ0v) is 12.2. The van der Waals surface area contributed by atoms with Gasteiger partial charge in [0.05, 0.1) is 18.0 Å². The topological polar surface area (TPSA) is 89.6 Å². The Labute approximate surface area is 118 Å². The zero-order valence-electron chi connectivity index (χ0n) is 10.6. The number of aromatic nitrogens is 1. The van der Waals surface area contributed by atoms with Gasteiger partial charge in [-0.1, -0.05) is 36.8 Å². The van der Waals surface area contributed by atoms with Crippen molar-refractivity contribution in [2.75, 3.05) is 18.6 Å². The second-order valence-corrected chi connectivity index (χ2v) is 6.36. The first kappa shape index (κ1) is 13.8. The molecule has 1 N–H and O–H groups in total. The summed E-state index contributed by atoms with van der Waals surface area (Å²) in [6, 6.07) is 0. The van der Waals surface area contributed by atoms with Crippen molar-refractivity contribution in [3.63, 3.8) is 0 Å². The predicted octanol–water partition coefficient (Wildman–Crippen LogP) is 1.88. The van der Waals surface area contributed by atoms with Crippen molar-refractivity contribution in [3.8, 4) is 0 Å². The predicted molar refractivity (Wildman–Crippen MR) is 72.6 cm³/mol. The van der Waals surface area contributed by atoms with Crippen LogP contribution in [0.3, 0.4) is 0 Å². The van der Waals surface area contributed by atoms with Gasteiger partial charge in [-0.05, 0) is 0 Å². The molecule has 1 saturated heterocycles. The molecule has 1 fully saturated rings. The summed E-state index contributed by atoms with van der Waals surface area (Å²) in [5, 5.41) is 22.7. The molecular formula is C9H13ClN6O2S. The summed E-state index contributed by atoms with van der Waals surface area (Å²) in [5.41, 5.74) is -0.516. The number of hydrogen-bond acceptors (Lipinski definition) is 6. The van der Waals surface area contributed by atoms with E-state index in [4.69, 9.17) is 17.0 Å². The quantitative estimate of drug-likeness (QED) is 0.663. The van der Waals surface area contributed by atoms with Crippen LogP contribution in [0, 0.1) is 20.9 Å². The Kier molecular flexibility index (Phi) is 3.27. The summed E-state index contributed by atoms with van der Waals surface area (Å²) in [4.78, 5) is 15.1. The number of nitrogens with one attached hydrogen (secondary N) is 1. The molecule has 2 rings (SSSR count). The highest BCUT2D eigenvalue weighted by Crippen LogP contribution is 2.35. The first-order valence-corrected chi connectivity index (χ1v) is 6.59. The second kappa shape index (κ2) is 4.49. The van der Waals surface area contributed by atoms with E-state index in [1.54, 1.807) is 0 Å². The second-order valence-electron chi connectivity index (χ2n) is 4.77. The lowest BCUT2D eigenvalue weighted by Crippen LogP contribution is -2.66. The summed E-state index contributed by atoms with van der Waals surface area (Å²) in [6.45, 7) is 4.02. The average Bonchev–Trinajstić information content (AvgIpc) is 2.71. The molecule has 0 aliphatic carbocycles. The van der Waals surface area contributed by atoms with Gasteiger partial charge in [-0.2, -0.15) is 5.01 Å². The molecule has 10 heteroatoms. The van der Waals surface area contributed by atoms with E-state index in [-0.39, 0.29) is 5.84 Å². The minimum atomic E-state index is -0.572. The fourth-order valence-corrected chi connectivity index (χ4v) is 2.84. The molecule has 0 saturated carbocycles. The summed E-state index contributed by atoms with van der Waals surface area (Å²) >= 11 is 6.94. The van der Waals surface area contributed by atoms with E-state index in [1.165, 1.54) is 23.3 Å². The lowest BCUT2D eigenvalue weighted by molar-refractivity contribution is -0.696. The third-order valence-corrected chi connectivity index (χ3v) is 3.99. The third kappa shape index (κ3) is 2.30. The molecule has 1 aliphatic heterocycles. The standard InChI is InChI=1S/C9H13ClN6O2S/c1-9(2)5-14(6-4-12-8(10)19-6)15(16(17)18)13(3)7(9)11/h4,11H,5H2,1-3H3. The van der Waals surface area contributed by atoms with Crippen molar-refractivity contribution >= 4 is 33.8 Å². The number of hydrazine groups is 3. The van der Waals surface area contributed by atoms with E-state index in [0.29, 0.717) is 16.0 Å². The van der Waals surface area contributed by atoms with Crippen molar-refractivity contribution in [1.29, 1.82) is 5.41 Å². The highest BCUT2D eigenvalue weighted by Gasteiger charge is 2.45.